The first-order valence-electron chi connectivity index (χ1n) is 8.23. The number of hydrogen-bond donors (Lipinski definition) is 1. The number of fused-ring (bicyclic) bond motifs is 1. The van der Waals surface area contributed by atoms with Crippen LogP contribution >= 0.6 is 0 Å². The van der Waals surface area contributed by atoms with Crippen LogP contribution in [0.5, 0.6) is 0 Å². The summed E-state index contributed by atoms with van der Waals surface area (Å²) in [4.78, 5) is 0.338. The Kier molecular flexibility index (Phi) is 4.08. The van der Waals surface area contributed by atoms with E-state index in [1.54, 1.807) is 16.4 Å². The molecule has 2 aliphatic rings. The summed E-state index contributed by atoms with van der Waals surface area (Å²) >= 11 is 0. The van der Waals surface area contributed by atoms with Crippen LogP contribution in [0, 0.1) is 6.92 Å². The summed E-state index contributed by atoms with van der Waals surface area (Å²) in [7, 11) is -3.49. The highest BCUT2D eigenvalue weighted by Crippen LogP contribution is 2.51. The van der Waals surface area contributed by atoms with Crippen LogP contribution in [0.2, 0.25) is 0 Å². The van der Waals surface area contributed by atoms with Crippen molar-refractivity contribution in [3.63, 3.8) is 0 Å². The molecule has 1 unspecified atom stereocenters. The molecule has 0 spiro atoms. The zero-order valence-corrected chi connectivity index (χ0v) is 14.1. The molecule has 22 heavy (non-hydrogen) atoms. The fourth-order valence-corrected chi connectivity index (χ4v) is 5.70. The van der Waals surface area contributed by atoms with Gasteiger partial charge < -0.3 is 5.11 Å². The van der Waals surface area contributed by atoms with E-state index in [0.717, 1.165) is 31.2 Å². The van der Waals surface area contributed by atoms with Gasteiger partial charge in [0.15, 0.2) is 0 Å². The predicted octanol–water partition coefficient (Wildman–Crippen LogP) is 2.84. The largest absolute Gasteiger partial charge is 0.388 e. The molecule has 3 rings (SSSR count). The highest BCUT2D eigenvalue weighted by Gasteiger charge is 2.65. The number of aliphatic hydroxyl groups is 1. The maximum atomic E-state index is 12.8. The van der Waals surface area contributed by atoms with Gasteiger partial charge in [-0.3, -0.25) is 0 Å². The minimum absolute atomic E-state index is 0.0121. The molecule has 4 atom stereocenters. The van der Waals surface area contributed by atoms with E-state index in [1.165, 1.54) is 0 Å². The van der Waals surface area contributed by atoms with Crippen LogP contribution < -0.4 is 0 Å². The Morgan fingerprint density at radius 3 is 2.64 bits per heavy atom. The molecule has 0 amide bonds. The second kappa shape index (κ2) is 5.62. The van der Waals surface area contributed by atoms with Crippen molar-refractivity contribution in [2.24, 2.45) is 0 Å². The highest BCUT2D eigenvalue weighted by atomic mass is 32.2. The summed E-state index contributed by atoms with van der Waals surface area (Å²) in [6, 6.07) is 6.74. The molecular weight excluding hydrogens is 298 g/mol. The second-order valence-electron chi connectivity index (χ2n) is 6.76. The van der Waals surface area contributed by atoms with Crippen molar-refractivity contribution in [2.75, 3.05) is 0 Å². The molecule has 2 fully saturated rings. The third kappa shape index (κ3) is 2.59. The SMILES string of the molecule is CCCC[C@@]1(O)CCC[C@H]2[C@@H]1N2S(=O)(=O)c1ccc(C)cc1. The predicted molar refractivity (Wildman–Crippen MR) is 86.1 cm³/mol. The highest BCUT2D eigenvalue weighted by molar-refractivity contribution is 7.89. The summed E-state index contributed by atoms with van der Waals surface area (Å²) in [5, 5.41) is 10.9. The van der Waals surface area contributed by atoms with Crippen molar-refractivity contribution >= 4 is 10.0 Å². The van der Waals surface area contributed by atoms with E-state index in [4.69, 9.17) is 0 Å². The summed E-state index contributed by atoms with van der Waals surface area (Å²) in [6.45, 7) is 4.04. The lowest BCUT2D eigenvalue weighted by Gasteiger charge is -2.30. The molecule has 1 aromatic carbocycles. The van der Waals surface area contributed by atoms with Crippen LogP contribution in [0.15, 0.2) is 29.2 Å². The number of benzene rings is 1. The maximum Gasteiger partial charge on any atom is 0.243 e. The Morgan fingerprint density at radius 1 is 1.32 bits per heavy atom. The van der Waals surface area contributed by atoms with Gasteiger partial charge in [-0.25, -0.2) is 8.42 Å². The minimum atomic E-state index is -3.49. The Morgan fingerprint density at radius 2 is 2.00 bits per heavy atom. The molecule has 1 aliphatic carbocycles. The number of nitrogens with zero attached hydrogens (tertiary/aromatic N) is 1. The van der Waals surface area contributed by atoms with Gasteiger partial charge in [0.05, 0.1) is 16.5 Å². The fraction of sp³-hybridized carbons (Fsp3) is 0.647. The van der Waals surface area contributed by atoms with E-state index in [1.807, 2.05) is 19.1 Å². The summed E-state index contributed by atoms with van der Waals surface area (Å²) in [6.07, 6.45) is 5.15. The molecule has 1 heterocycles. The first-order valence-corrected chi connectivity index (χ1v) is 9.67. The van der Waals surface area contributed by atoms with Crippen molar-refractivity contribution in [3.8, 4) is 0 Å². The van der Waals surface area contributed by atoms with Crippen LogP contribution in [0.1, 0.15) is 51.0 Å². The molecule has 1 aliphatic heterocycles. The van der Waals surface area contributed by atoms with Gasteiger partial charge in [-0.2, -0.15) is 4.31 Å². The Bertz CT molecular complexity index is 640. The zero-order valence-electron chi connectivity index (χ0n) is 13.3. The number of unbranched alkanes of at least 4 members (excludes halogenated alkanes) is 1. The zero-order chi connectivity index (χ0) is 16.0. The lowest BCUT2D eigenvalue weighted by atomic mass is 9.81. The Labute approximate surface area is 133 Å². The molecule has 1 saturated carbocycles. The Hall–Kier alpha value is -0.910. The quantitative estimate of drug-likeness (QED) is 0.848. The molecule has 0 bridgehead atoms. The lowest BCUT2D eigenvalue weighted by molar-refractivity contribution is 0.00296. The molecule has 5 heteroatoms. The van der Waals surface area contributed by atoms with Crippen molar-refractivity contribution in [2.45, 2.75) is 75.0 Å². The summed E-state index contributed by atoms with van der Waals surface area (Å²) < 4.78 is 27.3. The molecule has 0 aromatic heterocycles. The molecular formula is C17H25NO3S. The van der Waals surface area contributed by atoms with Gasteiger partial charge in [0.25, 0.3) is 0 Å². The van der Waals surface area contributed by atoms with Crippen molar-refractivity contribution in [1.82, 2.24) is 4.31 Å². The van der Waals surface area contributed by atoms with Crippen LogP contribution in [-0.2, 0) is 10.0 Å². The van der Waals surface area contributed by atoms with Crippen LogP contribution in [-0.4, -0.2) is 35.5 Å². The fourth-order valence-electron chi connectivity index (χ4n) is 3.82. The smallest absolute Gasteiger partial charge is 0.243 e. The van der Waals surface area contributed by atoms with Gasteiger partial charge in [-0.1, -0.05) is 37.5 Å². The van der Waals surface area contributed by atoms with E-state index in [2.05, 4.69) is 6.92 Å². The van der Waals surface area contributed by atoms with E-state index in [9.17, 15) is 13.5 Å². The molecule has 1 N–H and O–H groups in total. The van der Waals surface area contributed by atoms with Gasteiger partial charge in [0, 0.05) is 6.04 Å². The normalized spacial score (nSPS) is 34.2. The second-order valence-corrected chi connectivity index (χ2v) is 8.60. The first-order chi connectivity index (χ1) is 10.4. The van der Waals surface area contributed by atoms with E-state index in [0.29, 0.717) is 17.7 Å². The molecule has 1 saturated heterocycles. The first kappa shape index (κ1) is 16.0. The standard InChI is InChI=1S/C17H25NO3S/c1-3-4-11-17(19)12-5-6-15-16(17)18(15)22(20,21)14-9-7-13(2)8-10-14/h7-10,15-16,19H,3-6,11-12H2,1-2H3/t15-,16-,17+,18?/m0/s1. The van der Waals surface area contributed by atoms with Crippen LogP contribution in [0.25, 0.3) is 0 Å². The monoisotopic (exact) mass is 323 g/mol. The van der Waals surface area contributed by atoms with E-state index >= 15 is 0 Å². The van der Waals surface area contributed by atoms with E-state index < -0.39 is 15.6 Å². The molecule has 122 valence electrons. The van der Waals surface area contributed by atoms with Gasteiger partial charge in [0.1, 0.15) is 0 Å². The Balaban J connectivity index is 1.85. The van der Waals surface area contributed by atoms with E-state index in [-0.39, 0.29) is 12.1 Å². The van der Waals surface area contributed by atoms with Crippen molar-refractivity contribution in [3.05, 3.63) is 29.8 Å². The lowest BCUT2D eigenvalue weighted by Crippen LogP contribution is -2.40. The van der Waals surface area contributed by atoms with Crippen LogP contribution in [0.4, 0.5) is 0 Å². The minimum Gasteiger partial charge on any atom is -0.388 e. The van der Waals surface area contributed by atoms with Crippen molar-refractivity contribution < 1.29 is 13.5 Å². The average Bonchev–Trinajstić information content (AvgIpc) is 3.23. The van der Waals surface area contributed by atoms with Gasteiger partial charge in [-0.05, 0) is 44.7 Å². The molecule has 0 radical (unpaired) electrons. The summed E-state index contributed by atoms with van der Waals surface area (Å²) in [5.41, 5.74) is 0.207. The number of sulfonamides is 1. The molecule has 4 nitrogen and oxygen atoms in total. The topological polar surface area (TPSA) is 57.4 Å². The maximum absolute atomic E-state index is 12.8. The van der Waals surface area contributed by atoms with Gasteiger partial charge in [-0.15, -0.1) is 0 Å². The van der Waals surface area contributed by atoms with Crippen LogP contribution in [0.3, 0.4) is 0 Å². The third-order valence-corrected chi connectivity index (χ3v) is 7.02. The number of aryl methyl sites for hydroxylation is 1. The average molecular weight is 323 g/mol. The third-order valence-electron chi connectivity index (χ3n) is 5.10. The van der Waals surface area contributed by atoms with Gasteiger partial charge >= 0.3 is 0 Å². The summed E-state index contributed by atoms with van der Waals surface area (Å²) in [5.74, 6) is 0. The van der Waals surface area contributed by atoms with Gasteiger partial charge in [0.2, 0.25) is 10.0 Å². The number of rotatable bonds is 5. The molecule has 1 aromatic rings. The number of hydrogen-bond acceptors (Lipinski definition) is 3. The van der Waals surface area contributed by atoms with Crippen molar-refractivity contribution in [1.29, 1.82) is 0 Å².